The molecule has 1 fully saturated rings. The van der Waals surface area contributed by atoms with Gasteiger partial charge in [-0.1, -0.05) is 5.21 Å². The van der Waals surface area contributed by atoms with E-state index in [4.69, 9.17) is 5.73 Å². The molecule has 0 bridgehead atoms. The second-order valence-corrected chi connectivity index (χ2v) is 6.09. The molecule has 104 valence electrons. The molecule has 1 aromatic rings. The van der Waals surface area contributed by atoms with Crippen LogP contribution in [-0.4, -0.2) is 35.5 Å². The van der Waals surface area contributed by atoms with Crippen molar-refractivity contribution < 1.29 is 8.42 Å². The van der Waals surface area contributed by atoms with E-state index in [1.807, 2.05) is 0 Å². The number of hydrogen-bond donors (Lipinski definition) is 2. The first kappa shape index (κ1) is 15.4. The van der Waals surface area contributed by atoms with Crippen LogP contribution in [-0.2, 0) is 17.1 Å². The molecule has 1 saturated carbocycles. The molecule has 9 heteroatoms. The highest BCUT2D eigenvalue weighted by atomic mass is 35.5. The van der Waals surface area contributed by atoms with Gasteiger partial charge in [-0.15, -0.1) is 17.5 Å². The Morgan fingerprint density at radius 2 is 2.00 bits per heavy atom. The molecule has 1 aliphatic carbocycles. The van der Waals surface area contributed by atoms with Crippen LogP contribution in [0.2, 0.25) is 0 Å². The molecule has 0 spiro atoms. The molecule has 0 aliphatic heterocycles. The summed E-state index contributed by atoms with van der Waals surface area (Å²) in [5, 5.41) is 7.27. The number of nitrogens with one attached hydrogen (secondary N) is 1. The Morgan fingerprint density at radius 3 is 2.50 bits per heavy atom. The highest BCUT2D eigenvalue weighted by molar-refractivity contribution is 7.89. The third-order valence-corrected chi connectivity index (χ3v) is 4.61. The first-order valence-electron chi connectivity index (χ1n) is 5.61. The van der Waals surface area contributed by atoms with Crippen molar-refractivity contribution in [1.29, 1.82) is 0 Å². The van der Waals surface area contributed by atoms with E-state index >= 15 is 0 Å². The SMILES string of the molecule is Cl.Cn1nncc1S(=O)(=O)NC1CCC(N)CC1. The monoisotopic (exact) mass is 295 g/mol. The minimum atomic E-state index is -3.52. The average Bonchev–Trinajstić information content (AvgIpc) is 2.68. The van der Waals surface area contributed by atoms with Gasteiger partial charge in [-0.2, -0.15) is 0 Å². The second-order valence-electron chi connectivity index (χ2n) is 4.43. The Kier molecular flexibility index (Phi) is 5.09. The fourth-order valence-electron chi connectivity index (χ4n) is 2.04. The lowest BCUT2D eigenvalue weighted by Gasteiger charge is -2.26. The van der Waals surface area contributed by atoms with Crippen LogP contribution in [0.1, 0.15) is 25.7 Å². The third kappa shape index (κ3) is 3.41. The van der Waals surface area contributed by atoms with Gasteiger partial charge in [0, 0.05) is 19.1 Å². The van der Waals surface area contributed by atoms with E-state index in [0.717, 1.165) is 25.7 Å². The van der Waals surface area contributed by atoms with Crippen LogP contribution in [0, 0.1) is 0 Å². The first-order chi connectivity index (χ1) is 7.99. The van der Waals surface area contributed by atoms with Crippen molar-refractivity contribution in [2.75, 3.05) is 0 Å². The predicted octanol–water partition coefficient (Wildman–Crippen LogP) is -0.215. The van der Waals surface area contributed by atoms with Crippen molar-refractivity contribution in [2.24, 2.45) is 12.8 Å². The zero-order valence-electron chi connectivity index (χ0n) is 10.1. The van der Waals surface area contributed by atoms with Crippen molar-refractivity contribution in [3.63, 3.8) is 0 Å². The van der Waals surface area contributed by atoms with Crippen LogP contribution >= 0.6 is 12.4 Å². The maximum absolute atomic E-state index is 12.0. The zero-order valence-corrected chi connectivity index (χ0v) is 11.7. The highest BCUT2D eigenvalue weighted by Crippen LogP contribution is 2.18. The second kappa shape index (κ2) is 5.96. The van der Waals surface area contributed by atoms with E-state index < -0.39 is 10.0 Å². The van der Waals surface area contributed by atoms with Crippen molar-refractivity contribution >= 4 is 22.4 Å². The summed E-state index contributed by atoms with van der Waals surface area (Å²) in [7, 11) is -1.96. The zero-order chi connectivity index (χ0) is 12.5. The van der Waals surface area contributed by atoms with Crippen LogP contribution in [0.15, 0.2) is 11.2 Å². The van der Waals surface area contributed by atoms with Crippen LogP contribution in [0.5, 0.6) is 0 Å². The van der Waals surface area contributed by atoms with Gasteiger partial charge in [0.05, 0.1) is 6.20 Å². The predicted molar refractivity (Wildman–Crippen MR) is 68.8 cm³/mol. The number of rotatable bonds is 3. The molecule has 0 unspecified atom stereocenters. The lowest BCUT2D eigenvalue weighted by atomic mass is 9.93. The molecule has 2 rings (SSSR count). The lowest BCUT2D eigenvalue weighted by Crippen LogP contribution is -2.40. The van der Waals surface area contributed by atoms with Gasteiger partial charge in [0.1, 0.15) is 0 Å². The summed E-state index contributed by atoms with van der Waals surface area (Å²) in [6.45, 7) is 0. The number of halogens is 1. The van der Waals surface area contributed by atoms with E-state index in [2.05, 4.69) is 15.0 Å². The molecule has 0 saturated heterocycles. The number of hydrogen-bond acceptors (Lipinski definition) is 5. The van der Waals surface area contributed by atoms with Gasteiger partial charge in [-0.3, -0.25) is 0 Å². The maximum Gasteiger partial charge on any atom is 0.259 e. The normalized spacial score (nSPS) is 24.6. The van der Waals surface area contributed by atoms with E-state index in [1.54, 1.807) is 7.05 Å². The molecule has 3 N–H and O–H groups in total. The van der Waals surface area contributed by atoms with Crippen LogP contribution in [0.25, 0.3) is 0 Å². The third-order valence-electron chi connectivity index (χ3n) is 3.04. The number of nitrogens with zero attached hydrogens (tertiary/aromatic N) is 3. The van der Waals surface area contributed by atoms with Gasteiger partial charge >= 0.3 is 0 Å². The highest BCUT2D eigenvalue weighted by Gasteiger charge is 2.26. The minimum Gasteiger partial charge on any atom is -0.328 e. The molecule has 0 amide bonds. The lowest BCUT2D eigenvalue weighted by molar-refractivity contribution is 0.373. The largest absolute Gasteiger partial charge is 0.328 e. The smallest absolute Gasteiger partial charge is 0.259 e. The topological polar surface area (TPSA) is 103 Å². The molecule has 1 aliphatic rings. The van der Waals surface area contributed by atoms with Gasteiger partial charge < -0.3 is 5.73 Å². The average molecular weight is 296 g/mol. The Hall–Kier alpha value is -0.700. The summed E-state index contributed by atoms with van der Waals surface area (Å²) in [4.78, 5) is 0. The molecule has 0 radical (unpaired) electrons. The standard InChI is InChI=1S/C9H17N5O2S.ClH/c1-14-9(6-11-13-14)17(15,16)12-8-4-2-7(10)3-5-8;/h6-8,12H,2-5,10H2,1H3;1H. The molecule has 0 atom stereocenters. The van der Waals surface area contributed by atoms with Crippen LogP contribution < -0.4 is 10.5 Å². The molecule has 0 aromatic carbocycles. The molecule has 18 heavy (non-hydrogen) atoms. The molecular weight excluding hydrogens is 278 g/mol. The Bertz CT molecular complexity index is 481. The molecule has 7 nitrogen and oxygen atoms in total. The van der Waals surface area contributed by atoms with Crippen LogP contribution in [0.3, 0.4) is 0 Å². The Labute approximate surface area is 113 Å². The fraction of sp³-hybridized carbons (Fsp3) is 0.778. The number of aromatic nitrogens is 3. The first-order valence-corrected chi connectivity index (χ1v) is 7.10. The summed E-state index contributed by atoms with van der Waals surface area (Å²) in [5.74, 6) is 0. The summed E-state index contributed by atoms with van der Waals surface area (Å²) in [6.07, 6.45) is 4.53. The Morgan fingerprint density at radius 1 is 1.39 bits per heavy atom. The summed E-state index contributed by atoms with van der Waals surface area (Å²) in [5.41, 5.74) is 5.78. The van der Waals surface area contributed by atoms with E-state index in [1.165, 1.54) is 10.9 Å². The van der Waals surface area contributed by atoms with Gasteiger partial charge in [0.15, 0.2) is 5.03 Å². The van der Waals surface area contributed by atoms with Gasteiger partial charge in [-0.25, -0.2) is 17.8 Å². The van der Waals surface area contributed by atoms with Crippen molar-refractivity contribution in [3.8, 4) is 0 Å². The number of aryl methyl sites for hydroxylation is 1. The summed E-state index contributed by atoms with van der Waals surface area (Å²) < 4.78 is 28.0. The van der Waals surface area contributed by atoms with Gasteiger partial charge in [0.25, 0.3) is 10.0 Å². The van der Waals surface area contributed by atoms with E-state index in [-0.39, 0.29) is 29.5 Å². The Balaban J connectivity index is 0.00000162. The molecule has 1 heterocycles. The molecule has 1 aromatic heterocycles. The maximum atomic E-state index is 12.0. The van der Waals surface area contributed by atoms with Crippen molar-refractivity contribution in [1.82, 2.24) is 19.7 Å². The van der Waals surface area contributed by atoms with Crippen molar-refractivity contribution in [2.45, 2.75) is 42.8 Å². The molecular formula is C9H18ClN5O2S. The van der Waals surface area contributed by atoms with Crippen molar-refractivity contribution in [3.05, 3.63) is 6.20 Å². The quantitative estimate of drug-likeness (QED) is 0.803. The summed E-state index contributed by atoms with van der Waals surface area (Å²) in [6, 6.07) is 0.170. The van der Waals surface area contributed by atoms with Crippen LogP contribution in [0.4, 0.5) is 0 Å². The van der Waals surface area contributed by atoms with E-state index in [0.29, 0.717) is 0 Å². The summed E-state index contributed by atoms with van der Waals surface area (Å²) >= 11 is 0. The van der Waals surface area contributed by atoms with E-state index in [9.17, 15) is 8.42 Å². The fourth-order valence-corrected chi connectivity index (χ4v) is 3.41. The van der Waals surface area contributed by atoms with Gasteiger partial charge in [0.2, 0.25) is 0 Å². The van der Waals surface area contributed by atoms with Gasteiger partial charge in [-0.05, 0) is 25.7 Å². The minimum absolute atomic E-state index is 0. The number of nitrogens with two attached hydrogens (primary N) is 1. The number of sulfonamides is 1.